The van der Waals surface area contributed by atoms with Crippen LogP contribution in [0.3, 0.4) is 0 Å². The van der Waals surface area contributed by atoms with Crippen LogP contribution in [0, 0.1) is 12.8 Å². The number of carboxylic acid groups (broad SMARTS) is 1. The summed E-state index contributed by atoms with van der Waals surface area (Å²) in [6, 6.07) is 20.9. The summed E-state index contributed by atoms with van der Waals surface area (Å²) in [6.45, 7) is 5.68. The van der Waals surface area contributed by atoms with Crippen molar-refractivity contribution in [3.8, 4) is 0 Å². The van der Waals surface area contributed by atoms with Gasteiger partial charge in [-0.15, -0.1) is 0 Å². The first-order valence-electron chi connectivity index (χ1n) is 13.2. The largest absolute Gasteiger partial charge is 0.479 e. The number of carbonyl (C=O) groups is 2. The number of nitrogens with two attached hydrogens (primary N) is 1. The van der Waals surface area contributed by atoms with Gasteiger partial charge in [0.05, 0.1) is 17.4 Å². The zero-order chi connectivity index (χ0) is 29.0. The maximum absolute atomic E-state index is 14.1. The lowest BCUT2D eigenvalue weighted by molar-refractivity contribution is -0.155. The lowest BCUT2D eigenvalue weighted by Gasteiger charge is -2.44. The van der Waals surface area contributed by atoms with Gasteiger partial charge in [0.1, 0.15) is 0 Å². The van der Waals surface area contributed by atoms with Crippen molar-refractivity contribution >= 4 is 34.4 Å². The molecule has 208 valence electrons. The smallest absolute Gasteiger partial charge is 0.337 e. The van der Waals surface area contributed by atoms with E-state index in [1.165, 1.54) is 15.5 Å². The summed E-state index contributed by atoms with van der Waals surface area (Å²) >= 11 is 6.26. The summed E-state index contributed by atoms with van der Waals surface area (Å²) in [6.07, 6.45) is 0.349. The predicted octanol–water partition coefficient (Wildman–Crippen LogP) is 4.83. The molecular formula is C31H33ClN4O4. The van der Waals surface area contributed by atoms with Crippen LogP contribution in [0.15, 0.2) is 77.6 Å². The van der Waals surface area contributed by atoms with Gasteiger partial charge in [0, 0.05) is 17.1 Å². The van der Waals surface area contributed by atoms with Gasteiger partial charge >= 0.3 is 5.97 Å². The van der Waals surface area contributed by atoms with Gasteiger partial charge in [0.2, 0.25) is 5.54 Å². The minimum absolute atomic E-state index is 0.0441. The summed E-state index contributed by atoms with van der Waals surface area (Å²) in [7, 11) is 0. The Morgan fingerprint density at radius 1 is 1.07 bits per heavy atom. The maximum Gasteiger partial charge on any atom is 0.337 e. The minimum atomic E-state index is -2.01. The van der Waals surface area contributed by atoms with Gasteiger partial charge in [-0.05, 0) is 61.7 Å². The summed E-state index contributed by atoms with van der Waals surface area (Å²) in [5.41, 5.74) is 5.73. The highest BCUT2D eigenvalue weighted by molar-refractivity contribution is 6.31. The summed E-state index contributed by atoms with van der Waals surface area (Å²) in [5, 5.41) is 11.7. The van der Waals surface area contributed by atoms with Crippen LogP contribution in [0.2, 0.25) is 5.02 Å². The van der Waals surface area contributed by atoms with Crippen LogP contribution in [0.25, 0.3) is 10.9 Å². The van der Waals surface area contributed by atoms with Crippen LogP contribution >= 0.6 is 11.6 Å². The van der Waals surface area contributed by atoms with Crippen molar-refractivity contribution in [3.05, 3.63) is 111 Å². The highest BCUT2D eigenvalue weighted by Gasteiger charge is 2.54. The minimum Gasteiger partial charge on any atom is -0.479 e. The molecule has 0 saturated heterocycles. The molecule has 1 aromatic heterocycles. The van der Waals surface area contributed by atoms with Crippen LogP contribution < -0.4 is 11.3 Å². The lowest BCUT2D eigenvalue weighted by atomic mass is 9.82. The molecule has 1 atom stereocenters. The molecule has 0 spiro atoms. The molecule has 0 fully saturated rings. The molecule has 0 bridgehead atoms. The van der Waals surface area contributed by atoms with E-state index in [0.29, 0.717) is 22.4 Å². The number of aromatic nitrogens is 2. The van der Waals surface area contributed by atoms with Crippen LogP contribution in [-0.2, 0) is 16.9 Å². The van der Waals surface area contributed by atoms with E-state index in [2.05, 4.69) is 0 Å². The number of fused-ring (bicyclic) bond motifs is 1. The fourth-order valence-electron chi connectivity index (χ4n) is 5.09. The SMILES string of the molecule is Cc1ccc(C(=O)N(CCCN)C(C(=O)O)(c2nc3cc(Cl)ccc3c(=O)n2Cc2ccccc2)C(C)C)cc1. The van der Waals surface area contributed by atoms with Crippen molar-refractivity contribution in [3.63, 3.8) is 0 Å². The number of carbonyl (C=O) groups excluding carboxylic acids is 1. The topological polar surface area (TPSA) is 119 Å². The third kappa shape index (κ3) is 5.37. The Kier molecular flexibility index (Phi) is 8.71. The Morgan fingerprint density at radius 3 is 2.35 bits per heavy atom. The highest BCUT2D eigenvalue weighted by atomic mass is 35.5. The molecule has 9 heteroatoms. The van der Waals surface area contributed by atoms with E-state index < -0.39 is 28.9 Å². The number of carboxylic acids is 1. The second-order valence-electron chi connectivity index (χ2n) is 10.2. The number of hydrogen-bond acceptors (Lipinski definition) is 5. The molecule has 4 rings (SSSR count). The molecule has 0 aliphatic carbocycles. The summed E-state index contributed by atoms with van der Waals surface area (Å²) < 4.78 is 1.37. The number of aliphatic carboxylic acids is 1. The number of benzene rings is 3. The first-order valence-corrected chi connectivity index (χ1v) is 13.6. The van der Waals surface area contributed by atoms with Gasteiger partial charge < -0.3 is 15.7 Å². The van der Waals surface area contributed by atoms with Crippen LogP contribution in [0.4, 0.5) is 0 Å². The Labute approximate surface area is 238 Å². The zero-order valence-corrected chi connectivity index (χ0v) is 23.6. The van der Waals surface area contributed by atoms with Gasteiger partial charge in [-0.25, -0.2) is 9.78 Å². The van der Waals surface area contributed by atoms with Gasteiger partial charge in [-0.1, -0.05) is 73.5 Å². The summed E-state index contributed by atoms with van der Waals surface area (Å²) in [5.74, 6) is -2.52. The fourth-order valence-corrected chi connectivity index (χ4v) is 5.25. The standard InChI is InChI=1S/C31H33ClN4O4/c1-20(2)31(30(39)40,36(17-7-16-33)27(37)23-12-10-21(3)11-13-23)29-34-26-18-24(32)14-15-25(26)28(38)35(29)19-22-8-5-4-6-9-22/h4-6,8-15,18,20H,7,16-17,19,33H2,1-3H3,(H,39,40). The van der Waals surface area contributed by atoms with Crippen LogP contribution in [0.5, 0.6) is 0 Å². The Hall–Kier alpha value is -4.01. The zero-order valence-electron chi connectivity index (χ0n) is 22.8. The maximum atomic E-state index is 14.1. The molecule has 0 aliphatic rings. The predicted molar refractivity (Wildman–Crippen MR) is 157 cm³/mol. The van der Waals surface area contributed by atoms with Crippen molar-refractivity contribution < 1.29 is 14.7 Å². The molecule has 4 aromatic rings. The molecule has 3 aromatic carbocycles. The molecule has 1 unspecified atom stereocenters. The first-order chi connectivity index (χ1) is 19.1. The molecule has 40 heavy (non-hydrogen) atoms. The normalized spacial score (nSPS) is 12.8. The van der Waals surface area contributed by atoms with Crippen molar-refractivity contribution in [1.82, 2.24) is 14.5 Å². The van der Waals surface area contributed by atoms with E-state index in [9.17, 15) is 19.5 Å². The number of rotatable bonds is 10. The molecule has 8 nitrogen and oxygen atoms in total. The van der Waals surface area contributed by atoms with Gasteiger partial charge in [0.15, 0.2) is 5.82 Å². The van der Waals surface area contributed by atoms with Crippen LogP contribution in [-0.4, -0.2) is 44.5 Å². The van der Waals surface area contributed by atoms with E-state index in [1.54, 1.807) is 50.2 Å². The van der Waals surface area contributed by atoms with Crippen molar-refractivity contribution in [2.75, 3.05) is 13.1 Å². The monoisotopic (exact) mass is 560 g/mol. The van der Waals surface area contributed by atoms with E-state index in [4.69, 9.17) is 22.3 Å². The Balaban J connectivity index is 2.09. The average Bonchev–Trinajstić information content (AvgIpc) is 2.93. The third-order valence-corrected chi connectivity index (χ3v) is 7.39. The molecular weight excluding hydrogens is 528 g/mol. The molecule has 0 radical (unpaired) electrons. The molecule has 0 saturated carbocycles. The molecule has 1 amide bonds. The van der Waals surface area contributed by atoms with Crippen molar-refractivity contribution in [1.29, 1.82) is 0 Å². The molecule has 3 N–H and O–H groups in total. The number of aryl methyl sites for hydroxylation is 1. The second-order valence-corrected chi connectivity index (χ2v) is 10.6. The van der Waals surface area contributed by atoms with E-state index in [-0.39, 0.29) is 31.0 Å². The lowest BCUT2D eigenvalue weighted by Crippen LogP contribution is -2.60. The molecule has 1 heterocycles. The van der Waals surface area contributed by atoms with E-state index in [0.717, 1.165) is 11.1 Å². The fraction of sp³-hybridized carbons (Fsp3) is 0.290. The summed E-state index contributed by atoms with van der Waals surface area (Å²) in [4.78, 5) is 47.9. The van der Waals surface area contributed by atoms with Gasteiger partial charge in [-0.3, -0.25) is 14.2 Å². The third-order valence-electron chi connectivity index (χ3n) is 7.16. The quantitative estimate of drug-likeness (QED) is 0.287. The first kappa shape index (κ1) is 29.0. The number of hydrogen-bond donors (Lipinski definition) is 2. The second kappa shape index (κ2) is 12.0. The number of nitrogens with zero attached hydrogens (tertiary/aromatic N) is 3. The van der Waals surface area contributed by atoms with Gasteiger partial charge in [0.25, 0.3) is 11.5 Å². The van der Waals surface area contributed by atoms with Crippen molar-refractivity contribution in [2.24, 2.45) is 11.7 Å². The Morgan fingerprint density at radius 2 is 1.75 bits per heavy atom. The van der Waals surface area contributed by atoms with E-state index in [1.807, 2.05) is 37.3 Å². The van der Waals surface area contributed by atoms with E-state index >= 15 is 0 Å². The van der Waals surface area contributed by atoms with Crippen LogP contribution in [0.1, 0.15) is 47.6 Å². The average molecular weight is 561 g/mol. The number of amides is 1. The Bertz CT molecular complexity index is 1590. The van der Waals surface area contributed by atoms with Gasteiger partial charge in [-0.2, -0.15) is 0 Å². The molecule has 0 aliphatic heterocycles. The number of halogens is 1. The highest BCUT2D eigenvalue weighted by Crippen LogP contribution is 2.38. The van der Waals surface area contributed by atoms with Crippen molar-refractivity contribution in [2.45, 2.75) is 39.3 Å².